The van der Waals surface area contributed by atoms with Gasteiger partial charge in [-0.05, 0) is 163 Å². The van der Waals surface area contributed by atoms with Crippen molar-refractivity contribution in [3.8, 4) is 11.8 Å². The number of benzene rings is 1. The molecule has 0 bridgehead atoms. The number of unbranched alkanes of at least 4 members (excludes halogenated alkanes) is 1. The highest BCUT2D eigenvalue weighted by Gasteiger charge is 2.63. The van der Waals surface area contributed by atoms with E-state index in [1.165, 1.54) is 9.80 Å². The first-order valence-electron chi connectivity index (χ1n) is 28.4. The molecule has 4 fully saturated rings. The summed E-state index contributed by atoms with van der Waals surface area (Å²) in [5, 5.41) is 47.3. The molecule has 2 aromatic rings. The van der Waals surface area contributed by atoms with E-state index < -0.39 is 23.5 Å². The lowest BCUT2D eigenvalue weighted by molar-refractivity contribution is -0.174. The molecule has 4 amide bonds. The van der Waals surface area contributed by atoms with Gasteiger partial charge in [0.2, 0.25) is 17.7 Å². The lowest BCUT2D eigenvalue weighted by Crippen LogP contribution is -2.58. The van der Waals surface area contributed by atoms with Crippen LogP contribution in [0.5, 0.6) is 5.75 Å². The molecule has 5 aliphatic carbocycles. The third-order valence-corrected chi connectivity index (χ3v) is 20.4. The monoisotopic (exact) mass is 1100 g/mol. The second-order valence-corrected chi connectivity index (χ2v) is 25.8. The standard InChI is InChI=1S/C60H84N6O11S/c1-34(41-17-18-42-52-43(22-24-60(41,42)8)59(7)23-21-39(67)29-38(59)30-46(52)68)15-20-49(70)63-45(56(74)75)13-10-11-25-62-48(69)14-12-26-66(57(76)77-40-16-19-44-47(31-40)78-50(33-61)64-44)28-27-65(9)51(71)32-58(5,6)53-37(4)54(72)35(2)36(3)55(53)73/h16,19,31,34,38-39,41-43,45-46,52,67-68H,10-15,17-18,20-30,32H2,1-9H3,(H,62,69)(H,63,70)(H,74,75)/t34-,38+,39-,41-,42+,43+,45?,46+,52+,59+,60-/m1/s1. The lowest BCUT2D eigenvalue weighted by Gasteiger charge is -2.62. The van der Waals surface area contributed by atoms with Crippen molar-refractivity contribution in [3.05, 3.63) is 45.5 Å². The van der Waals surface area contributed by atoms with Crippen molar-refractivity contribution in [2.24, 2.45) is 51.8 Å². The number of amides is 4. The molecule has 78 heavy (non-hydrogen) atoms. The summed E-state index contributed by atoms with van der Waals surface area (Å²) in [5.74, 6) is -0.0114. The number of carbonyl (C=O) groups excluding carboxylic acids is 6. The molecule has 0 radical (unpaired) electrons. The maximum absolute atomic E-state index is 13.7. The zero-order valence-corrected chi connectivity index (χ0v) is 48.2. The van der Waals surface area contributed by atoms with E-state index in [2.05, 4.69) is 36.4 Å². The van der Waals surface area contributed by atoms with Crippen LogP contribution in [0.4, 0.5) is 4.79 Å². The summed E-state index contributed by atoms with van der Waals surface area (Å²) in [5.41, 5.74) is 1.25. The molecule has 5 aliphatic rings. The van der Waals surface area contributed by atoms with E-state index >= 15 is 0 Å². The Balaban J connectivity index is 0.849. The first-order chi connectivity index (χ1) is 36.8. The molecule has 1 unspecified atom stereocenters. The van der Waals surface area contributed by atoms with Crippen LogP contribution in [-0.2, 0) is 28.8 Å². The zero-order valence-electron chi connectivity index (χ0n) is 47.4. The number of likely N-dealkylation sites (N-methyl/N-ethyl adjacent to an activating group) is 1. The van der Waals surface area contributed by atoms with Crippen LogP contribution in [0.1, 0.15) is 163 Å². The van der Waals surface area contributed by atoms with E-state index in [4.69, 9.17) is 4.74 Å². The molecular formula is C60H84N6O11S. The number of hydrogen-bond acceptors (Lipinski definition) is 13. The zero-order chi connectivity index (χ0) is 57.0. The Kier molecular flexibility index (Phi) is 19.2. The molecule has 18 heteroatoms. The fraction of sp³-hybridized carbons (Fsp3) is 0.683. The van der Waals surface area contributed by atoms with Crippen molar-refractivity contribution in [2.75, 3.05) is 33.2 Å². The van der Waals surface area contributed by atoms with Gasteiger partial charge in [0.15, 0.2) is 16.6 Å². The highest BCUT2D eigenvalue weighted by Crippen LogP contribution is 2.68. The lowest BCUT2D eigenvalue weighted by atomic mass is 9.43. The minimum Gasteiger partial charge on any atom is -0.480 e. The highest BCUT2D eigenvalue weighted by atomic mass is 32.1. The fourth-order valence-electron chi connectivity index (χ4n) is 14.9. The number of Topliss-reactive ketones (excluding diaryl/α,β-unsaturated/α-hetero) is 2. The predicted octanol–water partition coefficient (Wildman–Crippen LogP) is 8.69. The Hall–Kier alpha value is -5.51. The van der Waals surface area contributed by atoms with E-state index in [-0.39, 0.29) is 133 Å². The summed E-state index contributed by atoms with van der Waals surface area (Å²) in [6, 6.07) is 5.80. The van der Waals surface area contributed by atoms with Crippen LogP contribution in [0, 0.1) is 63.1 Å². The molecule has 17 nitrogen and oxygen atoms in total. The Bertz CT molecular complexity index is 2740. The summed E-state index contributed by atoms with van der Waals surface area (Å²) in [6.07, 6.45) is 8.69. The van der Waals surface area contributed by atoms with Gasteiger partial charge >= 0.3 is 12.1 Å². The minimum absolute atomic E-state index is 0.0474. The third-order valence-electron chi connectivity index (χ3n) is 19.5. The maximum atomic E-state index is 13.7. The number of rotatable bonds is 22. The van der Waals surface area contributed by atoms with Crippen LogP contribution in [0.15, 0.2) is 40.5 Å². The van der Waals surface area contributed by atoms with E-state index in [0.29, 0.717) is 75.4 Å². The van der Waals surface area contributed by atoms with Crippen molar-refractivity contribution in [1.82, 2.24) is 25.4 Å². The molecule has 0 aliphatic heterocycles. The Morgan fingerprint density at radius 1 is 0.885 bits per heavy atom. The number of aliphatic hydroxyl groups is 2. The molecule has 426 valence electrons. The number of carbonyl (C=O) groups is 7. The van der Waals surface area contributed by atoms with Gasteiger partial charge in [0, 0.05) is 86.3 Å². The molecule has 1 aromatic carbocycles. The van der Waals surface area contributed by atoms with Gasteiger partial charge in [0.1, 0.15) is 17.9 Å². The predicted molar refractivity (Wildman–Crippen MR) is 296 cm³/mol. The molecule has 0 saturated heterocycles. The van der Waals surface area contributed by atoms with E-state index in [0.717, 1.165) is 62.7 Å². The number of carboxylic acids is 1. The van der Waals surface area contributed by atoms with Crippen molar-refractivity contribution >= 4 is 62.9 Å². The molecule has 7 rings (SSSR count). The molecule has 4 saturated carbocycles. The number of carboxylic acid groups (broad SMARTS) is 1. The quantitative estimate of drug-likeness (QED) is 0.0547. The van der Waals surface area contributed by atoms with Crippen LogP contribution in [-0.4, -0.2) is 123 Å². The number of thiazole rings is 1. The van der Waals surface area contributed by atoms with Gasteiger partial charge in [-0.1, -0.05) is 34.6 Å². The largest absolute Gasteiger partial charge is 0.480 e. The summed E-state index contributed by atoms with van der Waals surface area (Å²) in [4.78, 5) is 99.4. The Labute approximate surface area is 464 Å². The topological polar surface area (TPSA) is 257 Å². The van der Waals surface area contributed by atoms with Crippen LogP contribution in [0.2, 0.25) is 0 Å². The Morgan fingerprint density at radius 3 is 2.31 bits per heavy atom. The van der Waals surface area contributed by atoms with Gasteiger partial charge in [-0.25, -0.2) is 14.6 Å². The normalized spacial score (nSPS) is 27.7. The number of fused-ring (bicyclic) bond motifs is 6. The van der Waals surface area contributed by atoms with Gasteiger partial charge < -0.3 is 40.5 Å². The number of nitrogens with zero attached hydrogens (tertiary/aromatic N) is 4. The number of nitrogens with one attached hydrogen (secondary N) is 2. The van der Waals surface area contributed by atoms with Gasteiger partial charge in [0.25, 0.3) is 0 Å². The number of aliphatic carboxylic acids is 1. The molecule has 1 heterocycles. The van der Waals surface area contributed by atoms with E-state index in [1.807, 2.05) is 6.07 Å². The number of ether oxygens (including phenoxy) is 1. The maximum Gasteiger partial charge on any atom is 0.415 e. The van der Waals surface area contributed by atoms with Crippen LogP contribution >= 0.6 is 11.3 Å². The third kappa shape index (κ3) is 13.1. The molecule has 11 atom stereocenters. The number of aliphatic hydroxyl groups excluding tert-OH is 2. The summed E-state index contributed by atoms with van der Waals surface area (Å²) in [6.45, 7) is 16.0. The number of allylic oxidation sites excluding steroid dienone is 4. The number of ketones is 2. The number of hydrogen-bond donors (Lipinski definition) is 5. The average molecular weight is 1100 g/mol. The smallest absolute Gasteiger partial charge is 0.415 e. The molecule has 5 N–H and O–H groups in total. The van der Waals surface area contributed by atoms with Gasteiger partial charge in [-0.15, -0.1) is 11.3 Å². The molecular weight excluding hydrogens is 1010 g/mol. The number of nitriles is 1. The fourth-order valence-corrected chi connectivity index (χ4v) is 15.7. The first-order valence-corrected chi connectivity index (χ1v) is 29.3. The van der Waals surface area contributed by atoms with Gasteiger partial charge in [-0.2, -0.15) is 5.26 Å². The summed E-state index contributed by atoms with van der Waals surface area (Å²) >= 11 is 1.16. The van der Waals surface area contributed by atoms with Gasteiger partial charge in [0.05, 0.1) is 22.4 Å². The molecule has 1 aromatic heterocycles. The summed E-state index contributed by atoms with van der Waals surface area (Å²) < 4.78 is 6.42. The second kappa shape index (κ2) is 24.9. The van der Waals surface area contributed by atoms with Crippen molar-refractivity contribution in [2.45, 2.75) is 176 Å². The SMILES string of the molecule is CC1=C(C)C(=O)C(C(C)(C)CC(=O)N(C)CCN(CCCC(=O)NCCCCC(NC(=O)CC[C@@H](C)[C@H]2CC[C@H]3[C@@H]4[C@@H](O)C[C@@H]5C[C@H](O)CC[C@]5(C)[C@H]4CC[C@]23C)C(=O)O)C(=O)Oc2ccc3nc(C#N)sc3c2)=C(C)C1=O. The van der Waals surface area contributed by atoms with Crippen molar-refractivity contribution < 1.29 is 53.6 Å². The second-order valence-electron chi connectivity index (χ2n) is 24.8. The first kappa shape index (κ1) is 60.1. The average Bonchev–Trinajstić information content (AvgIpc) is 3.66. The number of aromatic nitrogens is 1. The minimum atomic E-state index is -1.11. The van der Waals surface area contributed by atoms with E-state index in [1.54, 1.807) is 59.9 Å². The van der Waals surface area contributed by atoms with Crippen LogP contribution in [0.25, 0.3) is 10.2 Å². The highest BCUT2D eigenvalue weighted by molar-refractivity contribution is 7.19. The van der Waals surface area contributed by atoms with Crippen LogP contribution in [0.3, 0.4) is 0 Å². The van der Waals surface area contributed by atoms with E-state index in [9.17, 15) is 54.1 Å². The van der Waals surface area contributed by atoms with Gasteiger partial charge in [-0.3, -0.25) is 24.0 Å². The van der Waals surface area contributed by atoms with Crippen LogP contribution < -0.4 is 15.4 Å². The Morgan fingerprint density at radius 2 is 1.59 bits per heavy atom. The summed E-state index contributed by atoms with van der Waals surface area (Å²) in [7, 11) is 1.59. The van der Waals surface area contributed by atoms with Crippen molar-refractivity contribution in [3.63, 3.8) is 0 Å². The van der Waals surface area contributed by atoms with Crippen molar-refractivity contribution in [1.29, 1.82) is 5.26 Å². The molecule has 0 spiro atoms.